The Bertz CT molecular complexity index is 375. The van der Waals surface area contributed by atoms with Crippen molar-refractivity contribution in [1.29, 1.82) is 0 Å². The van der Waals surface area contributed by atoms with Crippen LogP contribution in [0.1, 0.15) is 51.2 Å². The Kier molecular flexibility index (Phi) is 4.02. The third kappa shape index (κ3) is 2.17. The number of methoxy groups -OCH3 is 1. The number of hydrogen-bond donors (Lipinski definition) is 1. The SMILES string of the molecule is CCC(CC)(OC)c1noc(C(C)C2CNC2)n1. The zero-order chi connectivity index (χ0) is 13.2. The molecule has 2 rings (SSSR count). The molecule has 2 heterocycles. The van der Waals surface area contributed by atoms with E-state index in [-0.39, 0.29) is 0 Å². The highest BCUT2D eigenvalue weighted by Gasteiger charge is 2.36. The molecule has 0 aliphatic carbocycles. The fourth-order valence-corrected chi connectivity index (χ4v) is 2.42. The Labute approximate surface area is 108 Å². The maximum atomic E-state index is 5.62. The minimum absolute atomic E-state index is 0.316. The Balaban J connectivity index is 2.18. The summed E-state index contributed by atoms with van der Waals surface area (Å²) in [6, 6.07) is 0. The van der Waals surface area contributed by atoms with Crippen molar-refractivity contribution in [2.75, 3.05) is 20.2 Å². The highest BCUT2D eigenvalue weighted by atomic mass is 16.5. The lowest BCUT2D eigenvalue weighted by atomic mass is 9.89. The summed E-state index contributed by atoms with van der Waals surface area (Å²) in [5.74, 6) is 2.35. The molecule has 0 amide bonds. The van der Waals surface area contributed by atoms with Gasteiger partial charge in [0.2, 0.25) is 11.7 Å². The van der Waals surface area contributed by atoms with Crippen LogP contribution in [0, 0.1) is 5.92 Å². The van der Waals surface area contributed by atoms with E-state index >= 15 is 0 Å². The van der Waals surface area contributed by atoms with E-state index in [4.69, 9.17) is 9.26 Å². The lowest BCUT2D eigenvalue weighted by molar-refractivity contribution is -0.0306. The van der Waals surface area contributed by atoms with Crippen molar-refractivity contribution in [3.63, 3.8) is 0 Å². The van der Waals surface area contributed by atoms with Crippen molar-refractivity contribution >= 4 is 0 Å². The first kappa shape index (κ1) is 13.5. The first-order chi connectivity index (χ1) is 8.66. The predicted octanol–water partition coefficient (Wildman–Crippen LogP) is 2.05. The van der Waals surface area contributed by atoms with Gasteiger partial charge in [0.15, 0.2) is 0 Å². The molecular weight excluding hydrogens is 230 g/mol. The summed E-state index contributed by atoms with van der Waals surface area (Å²) < 4.78 is 11.0. The van der Waals surface area contributed by atoms with Gasteiger partial charge < -0.3 is 14.6 Å². The van der Waals surface area contributed by atoms with E-state index in [0.29, 0.717) is 17.7 Å². The first-order valence-electron chi connectivity index (χ1n) is 6.76. The molecule has 5 heteroatoms. The smallest absolute Gasteiger partial charge is 0.229 e. The summed E-state index contributed by atoms with van der Waals surface area (Å²) in [5.41, 5.74) is -0.403. The quantitative estimate of drug-likeness (QED) is 0.840. The van der Waals surface area contributed by atoms with Gasteiger partial charge in [0.25, 0.3) is 0 Å². The second-order valence-electron chi connectivity index (χ2n) is 5.07. The maximum Gasteiger partial charge on any atom is 0.229 e. The molecule has 0 radical (unpaired) electrons. The lowest BCUT2D eigenvalue weighted by Crippen LogP contribution is -2.44. The van der Waals surface area contributed by atoms with Gasteiger partial charge in [0.05, 0.1) is 0 Å². The Hall–Kier alpha value is -0.940. The van der Waals surface area contributed by atoms with Crippen LogP contribution in [-0.2, 0) is 10.3 Å². The van der Waals surface area contributed by atoms with E-state index in [1.807, 2.05) is 0 Å². The summed E-state index contributed by atoms with van der Waals surface area (Å²) >= 11 is 0. The summed E-state index contributed by atoms with van der Waals surface area (Å²) in [4.78, 5) is 4.57. The van der Waals surface area contributed by atoms with Crippen molar-refractivity contribution in [3.8, 4) is 0 Å². The van der Waals surface area contributed by atoms with E-state index in [2.05, 4.69) is 36.2 Å². The third-order valence-electron chi connectivity index (χ3n) is 4.29. The molecule has 1 N–H and O–H groups in total. The molecule has 1 aliphatic rings. The molecule has 0 bridgehead atoms. The monoisotopic (exact) mass is 253 g/mol. The summed E-state index contributed by atoms with van der Waals surface area (Å²) in [6.07, 6.45) is 1.69. The largest absolute Gasteiger partial charge is 0.370 e. The van der Waals surface area contributed by atoms with Gasteiger partial charge in [-0.2, -0.15) is 4.98 Å². The van der Waals surface area contributed by atoms with Gasteiger partial charge in [0, 0.05) is 13.0 Å². The van der Waals surface area contributed by atoms with E-state index < -0.39 is 5.60 Å². The van der Waals surface area contributed by atoms with Crippen LogP contribution in [0.15, 0.2) is 4.52 Å². The molecule has 1 saturated heterocycles. The number of nitrogens with one attached hydrogen (secondary N) is 1. The molecule has 1 unspecified atom stereocenters. The van der Waals surface area contributed by atoms with Gasteiger partial charge in [-0.25, -0.2) is 0 Å². The average Bonchev–Trinajstić information content (AvgIpc) is 2.80. The van der Waals surface area contributed by atoms with Crippen LogP contribution in [0.4, 0.5) is 0 Å². The highest BCUT2D eigenvalue weighted by molar-refractivity contribution is 5.05. The molecule has 0 spiro atoms. The molecule has 1 atom stereocenters. The van der Waals surface area contributed by atoms with E-state index in [9.17, 15) is 0 Å². The summed E-state index contributed by atoms with van der Waals surface area (Å²) in [7, 11) is 1.71. The minimum atomic E-state index is -0.403. The van der Waals surface area contributed by atoms with Gasteiger partial charge in [-0.1, -0.05) is 25.9 Å². The topological polar surface area (TPSA) is 60.2 Å². The molecule has 0 saturated carbocycles. The molecule has 18 heavy (non-hydrogen) atoms. The Morgan fingerprint density at radius 1 is 1.44 bits per heavy atom. The minimum Gasteiger partial charge on any atom is -0.370 e. The zero-order valence-corrected chi connectivity index (χ0v) is 11.7. The van der Waals surface area contributed by atoms with Crippen LogP contribution in [0.5, 0.6) is 0 Å². The molecular formula is C13H23N3O2. The highest BCUT2D eigenvalue weighted by Crippen LogP contribution is 2.32. The Morgan fingerprint density at radius 2 is 2.11 bits per heavy atom. The normalized spacial score (nSPS) is 18.7. The van der Waals surface area contributed by atoms with Gasteiger partial charge in [-0.05, 0) is 31.8 Å². The Morgan fingerprint density at radius 3 is 2.56 bits per heavy atom. The van der Waals surface area contributed by atoms with Gasteiger partial charge in [-0.15, -0.1) is 0 Å². The fraction of sp³-hybridized carbons (Fsp3) is 0.846. The summed E-state index contributed by atoms with van der Waals surface area (Å²) in [5, 5.41) is 7.40. The third-order valence-corrected chi connectivity index (χ3v) is 4.29. The molecule has 102 valence electrons. The van der Waals surface area contributed by atoms with Gasteiger partial charge in [0.1, 0.15) is 5.60 Å². The molecule has 1 aromatic rings. The van der Waals surface area contributed by atoms with Gasteiger partial charge >= 0.3 is 0 Å². The van der Waals surface area contributed by atoms with Crippen LogP contribution in [0.2, 0.25) is 0 Å². The van der Waals surface area contributed by atoms with Crippen LogP contribution in [0.25, 0.3) is 0 Å². The molecule has 5 nitrogen and oxygen atoms in total. The lowest BCUT2D eigenvalue weighted by Gasteiger charge is -2.30. The predicted molar refractivity (Wildman–Crippen MR) is 68.3 cm³/mol. The molecule has 0 aromatic carbocycles. The van der Waals surface area contributed by atoms with Crippen molar-refractivity contribution < 1.29 is 9.26 Å². The first-order valence-corrected chi connectivity index (χ1v) is 6.76. The van der Waals surface area contributed by atoms with E-state index in [0.717, 1.165) is 31.8 Å². The average molecular weight is 253 g/mol. The van der Waals surface area contributed by atoms with Crippen molar-refractivity contribution in [3.05, 3.63) is 11.7 Å². The van der Waals surface area contributed by atoms with Crippen LogP contribution in [-0.4, -0.2) is 30.3 Å². The standard InChI is InChI=1S/C13H23N3O2/c1-5-13(6-2,17-4)12-15-11(18-16-12)9(3)10-7-14-8-10/h9-10,14H,5-8H2,1-4H3. The second-order valence-corrected chi connectivity index (χ2v) is 5.07. The van der Waals surface area contributed by atoms with E-state index in [1.165, 1.54) is 0 Å². The van der Waals surface area contributed by atoms with Gasteiger partial charge in [-0.3, -0.25) is 0 Å². The second kappa shape index (κ2) is 5.36. The fourth-order valence-electron chi connectivity index (χ4n) is 2.42. The number of rotatable bonds is 6. The number of aromatic nitrogens is 2. The maximum absolute atomic E-state index is 5.62. The molecule has 1 fully saturated rings. The van der Waals surface area contributed by atoms with E-state index in [1.54, 1.807) is 7.11 Å². The van der Waals surface area contributed by atoms with Crippen LogP contribution < -0.4 is 5.32 Å². The number of ether oxygens (including phenoxy) is 1. The van der Waals surface area contributed by atoms with Crippen LogP contribution >= 0.6 is 0 Å². The van der Waals surface area contributed by atoms with Crippen LogP contribution in [0.3, 0.4) is 0 Å². The van der Waals surface area contributed by atoms with Crippen molar-refractivity contribution in [2.24, 2.45) is 5.92 Å². The molecule has 1 aromatic heterocycles. The molecule has 1 aliphatic heterocycles. The number of nitrogens with zero attached hydrogens (tertiary/aromatic N) is 2. The van der Waals surface area contributed by atoms with Crippen molar-refractivity contribution in [1.82, 2.24) is 15.5 Å². The number of hydrogen-bond acceptors (Lipinski definition) is 5. The summed E-state index contributed by atoms with van der Waals surface area (Å²) in [6.45, 7) is 8.39. The zero-order valence-electron chi connectivity index (χ0n) is 11.7. The van der Waals surface area contributed by atoms with Crippen molar-refractivity contribution in [2.45, 2.75) is 45.1 Å².